The average Bonchev–Trinajstić information content (AvgIpc) is 2.25. The van der Waals surface area contributed by atoms with Gasteiger partial charge in [0.1, 0.15) is 10.8 Å². The highest BCUT2D eigenvalue weighted by Gasteiger charge is 2.16. The Morgan fingerprint density at radius 1 is 1.31 bits per heavy atom. The van der Waals surface area contributed by atoms with Crippen molar-refractivity contribution in [3.8, 4) is 5.75 Å². The van der Waals surface area contributed by atoms with Crippen LogP contribution >= 0.6 is 23.2 Å². The molecule has 0 heterocycles. The number of aliphatic hydroxyl groups excluding tert-OH is 1. The summed E-state index contributed by atoms with van der Waals surface area (Å²) in [5.41, 5.74) is 0.662. The minimum Gasteiger partial charge on any atom is -0.506 e. The zero-order chi connectivity index (χ0) is 12.3. The second kappa shape index (κ2) is 5.73. The molecule has 1 aromatic carbocycles. The summed E-state index contributed by atoms with van der Waals surface area (Å²) in [5.74, 6) is -0.0145. The monoisotopic (exact) mass is 263 g/mol. The maximum absolute atomic E-state index is 9.82. The molecule has 16 heavy (non-hydrogen) atoms. The Morgan fingerprint density at radius 2 is 1.94 bits per heavy atom. The fraction of sp³-hybridized carbons (Fsp3) is 0.455. The van der Waals surface area contributed by atoms with Crippen LogP contribution in [0.5, 0.6) is 5.75 Å². The molecule has 1 aromatic rings. The Morgan fingerprint density at radius 3 is 2.50 bits per heavy atom. The van der Waals surface area contributed by atoms with Crippen LogP contribution in [0.3, 0.4) is 0 Å². The van der Waals surface area contributed by atoms with Crippen LogP contribution in [0.1, 0.15) is 25.5 Å². The van der Waals surface area contributed by atoms with Gasteiger partial charge in [-0.15, -0.1) is 0 Å². The first-order chi connectivity index (χ1) is 7.47. The van der Waals surface area contributed by atoms with E-state index in [9.17, 15) is 5.11 Å². The number of aliphatic hydroxyl groups is 1. The van der Waals surface area contributed by atoms with Gasteiger partial charge >= 0.3 is 0 Å². The van der Waals surface area contributed by atoms with E-state index in [0.29, 0.717) is 10.6 Å². The van der Waals surface area contributed by atoms with Gasteiger partial charge in [0.25, 0.3) is 0 Å². The number of halogens is 2. The van der Waals surface area contributed by atoms with Gasteiger partial charge in [0.15, 0.2) is 0 Å². The van der Waals surface area contributed by atoms with Crippen LogP contribution in [0.2, 0.25) is 10.0 Å². The fourth-order valence-corrected chi connectivity index (χ4v) is 1.80. The van der Waals surface area contributed by atoms with Crippen molar-refractivity contribution in [3.05, 3.63) is 27.7 Å². The average molecular weight is 264 g/mol. The third-order valence-electron chi connectivity index (χ3n) is 2.38. The minimum absolute atomic E-state index is 0.0145. The third-order valence-corrected chi connectivity index (χ3v) is 3.17. The zero-order valence-corrected chi connectivity index (χ0v) is 10.7. The van der Waals surface area contributed by atoms with E-state index in [2.05, 4.69) is 5.32 Å². The standard InChI is InChI=1S/C11H15Cl2NO2/c1-6(5-15)14-7(2)8-3-4-9(12)10(13)11(8)16/h3-4,6-7,14-16H,5H2,1-2H3/t6-,7?/m1/s1. The molecule has 2 atom stereocenters. The molecule has 3 N–H and O–H groups in total. The summed E-state index contributed by atoms with van der Waals surface area (Å²) in [7, 11) is 0. The number of phenols is 1. The number of hydrogen-bond donors (Lipinski definition) is 3. The summed E-state index contributed by atoms with van der Waals surface area (Å²) in [6, 6.07) is 3.19. The van der Waals surface area contributed by atoms with Crippen LogP contribution in [-0.4, -0.2) is 22.9 Å². The van der Waals surface area contributed by atoms with Crippen molar-refractivity contribution < 1.29 is 10.2 Å². The molecule has 0 saturated carbocycles. The van der Waals surface area contributed by atoms with Crippen LogP contribution in [0.4, 0.5) is 0 Å². The van der Waals surface area contributed by atoms with Gasteiger partial charge in [0.05, 0.1) is 11.6 Å². The molecule has 0 radical (unpaired) electrons. The Labute approximate surface area is 105 Å². The van der Waals surface area contributed by atoms with E-state index < -0.39 is 0 Å². The molecule has 5 heteroatoms. The molecule has 1 rings (SSSR count). The number of benzene rings is 1. The first-order valence-corrected chi connectivity index (χ1v) is 5.76. The van der Waals surface area contributed by atoms with Crippen molar-refractivity contribution in [1.82, 2.24) is 5.32 Å². The van der Waals surface area contributed by atoms with E-state index in [1.165, 1.54) is 0 Å². The van der Waals surface area contributed by atoms with Crippen molar-refractivity contribution in [2.75, 3.05) is 6.61 Å². The second-order valence-corrected chi connectivity index (χ2v) is 4.56. The van der Waals surface area contributed by atoms with Gasteiger partial charge in [-0.2, -0.15) is 0 Å². The second-order valence-electron chi connectivity index (χ2n) is 3.77. The quantitative estimate of drug-likeness (QED) is 0.783. The predicted octanol–water partition coefficient (Wildman–Crippen LogP) is 2.73. The van der Waals surface area contributed by atoms with Crippen molar-refractivity contribution in [1.29, 1.82) is 0 Å². The van der Waals surface area contributed by atoms with Crippen molar-refractivity contribution >= 4 is 23.2 Å². The highest BCUT2D eigenvalue weighted by Crippen LogP contribution is 2.36. The largest absolute Gasteiger partial charge is 0.506 e. The first-order valence-electron chi connectivity index (χ1n) is 5.01. The smallest absolute Gasteiger partial charge is 0.140 e. The predicted molar refractivity (Wildman–Crippen MR) is 66.2 cm³/mol. The van der Waals surface area contributed by atoms with Crippen LogP contribution in [-0.2, 0) is 0 Å². The van der Waals surface area contributed by atoms with Gasteiger partial charge in [0, 0.05) is 17.6 Å². The number of hydrogen-bond acceptors (Lipinski definition) is 3. The van der Waals surface area contributed by atoms with E-state index in [4.69, 9.17) is 28.3 Å². The molecular weight excluding hydrogens is 249 g/mol. The Kier molecular flexibility index (Phi) is 4.87. The molecule has 0 aromatic heterocycles. The van der Waals surface area contributed by atoms with Gasteiger partial charge in [0.2, 0.25) is 0 Å². The van der Waals surface area contributed by atoms with Crippen LogP contribution in [0, 0.1) is 0 Å². The van der Waals surface area contributed by atoms with E-state index in [1.54, 1.807) is 12.1 Å². The van der Waals surface area contributed by atoms with E-state index in [1.807, 2.05) is 13.8 Å². The van der Waals surface area contributed by atoms with Gasteiger partial charge < -0.3 is 15.5 Å². The van der Waals surface area contributed by atoms with E-state index in [0.717, 1.165) is 0 Å². The molecule has 1 unspecified atom stereocenters. The van der Waals surface area contributed by atoms with E-state index in [-0.39, 0.29) is 29.5 Å². The normalized spacial score (nSPS) is 14.8. The van der Waals surface area contributed by atoms with Gasteiger partial charge in [-0.1, -0.05) is 29.3 Å². The number of nitrogens with one attached hydrogen (secondary N) is 1. The molecule has 0 aliphatic heterocycles. The molecule has 0 spiro atoms. The highest BCUT2D eigenvalue weighted by atomic mass is 35.5. The topological polar surface area (TPSA) is 52.5 Å². The fourth-order valence-electron chi connectivity index (χ4n) is 1.47. The number of rotatable bonds is 4. The summed E-state index contributed by atoms with van der Waals surface area (Å²) < 4.78 is 0. The Bertz CT molecular complexity index is 371. The minimum atomic E-state index is -0.114. The summed E-state index contributed by atoms with van der Waals surface area (Å²) in [6.45, 7) is 3.77. The van der Waals surface area contributed by atoms with Crippen molar-refractivity contribution in [2.24, 2.45) is 0 Å². The lowest BCUT2D eigenvalue weighted by molar-refractivity contribution is 0.242. The van der Waals surface area contributed by atoms with Crippen molar-refractivity contribution in [2.45, 2.75) is 25.9 Å². The number of phenolic OH excluding ortho intramolecular Hbond substituents is 1. The lowest BCUT2D eigenvalue weighted by Crippen LogP contribution is -2.31. The molecule has 0 amide bonds. The summed E-state index contributed by atoms with van der Waals surface area (Å²) >= 11 is 11.6. The van der Waals surface area contributed by atoms with Crippen molar-refractivity contribution in [3.63, 3.8) is 0 Å². The molecule has 0 bridgehead atoms. The van der Waals surface area contributed by atoms with Crippen LogP contribution in [0.15, 0.2) is 12.1 Å². The third kappa shape index (κ3) is 3.01. The zero-order valence-electron chi connectivity index (χ0n) is 9.17. The van der Waals surface area contributed by atoms with Gasteiger partial charge in [-0.05, 0) is 19.9 Å². The van der Waals surface area contributed by atoms with E-state index >= 15 is 0 Å². The molecular formula is C11H15Cl2NO2. The highest BCUT2D eigenvalue weighted by molar-refractivity contribution is 6.43. The molecule has 90 valence electrons. The van der Waals surface area contributed by atoms with Gasteiger partial charge in [-0.3, -0.25) is 0 Å². The Balaban J connectivity index is 2.92. The van der Waals surface area contributed by atoms with Crippen LogP contribution < -0.4 is 5.32 Å². The SMILES string of the molecule is CC(N[C@H](C)CO)c1ccc(Cl)c(Cl)c1O. The lowest BCUT2D eigenvalue weighted by Gasteiger charge is -2.20. The molecule has 0 aliphatic rings. The first kappa shape index (κ1) is 13.6. The van der Waals surface area contributed by atoms with Gasteiger partial charge in [-0.25, -0.2) is 0 Å². The lowest BCUT2D eigenvalue weighted by atomic mass is 10.1. The van der Waals surface area contributed by atoms with Crippen LogP contribution in [0.25, 0.3) is 0 Å². The molecule has 0 fully saturated rings. The molecule has 0 saturated heterocycles. The maximum Gasteiger partial charge on any atom is 0.140 e. The molecule has 3 nitrogen and oxygen atoms in total. The molecule has 0 aliphatic carbocycles. The maximum atomic E-state index is 9.82. The summed E-state index contributed by atoms with van der Waals surface area (Å²) in [4.78, 5) is 0. The summed E-state index contributed by atoms with van der Waals surface area (Å²) in [6.07, 6.45) is 0. The number of aromatic hydroxyl groups is 1. The Hall–Kier alpha value is -0.480. The summed E-state index contributed by atoms with van der Waals surface area (Å²) in [5, 5.41) is 22.3.